The number of benzene rings is 1. The van der Waals surface area contributed by atoms with Gasteiger partial charge < -0.3 is 15.2 Å². The van der Waals surface area contributed by atoms with Crippen LogP contribution in [0, 0.1) is 0 Å². The number of aliphatic hydroxyl groups excluding tert-OH is 1. The molecule has 1 aromatic rings. The van der Waals surface area contributed by atoms with E-state index in [9.17, 15) is 13.6 Å². The lowest BCUT2D eigenvalue weighted by atomic mass is 10.2. The van der Waals surface area contributed by atoms with E-state index in [0.717, 1.165) is 0 Å². The molecule has 0 spiro atoms. The summed E-state index contributed by atoms with van der Waals surface area (Å²) < 4.78 is 28.4. The average molecular weight is 245 g/mol. The van der Waals surface area contributed by atoms with Crippen molar-refractivity contribution in [3.8, 4) is 5.75 Å². The smallest absolute Gasteiger partial charge is 0.387 e. The van der Waals surface area contributed by atoms with Crippen LogP contribution >= 0.6 is 0 Å². The number of para-hydroxylation sites is 1. The molecule has 4 nitrogen and oxygen atoms in total. The fraction of sp³-hybridized carbons (Fsp3) is 0.364. The quantitative estimate of drug-likeness (QED) is 0.824. The standard InChI is InChI=1S/C11H13F2NO3/c1-7(15)6-14-10(16)8-4-2-3-5-9(8)17-11(12)13/h2-5,7,11,15H,6H2,1H3,(H,14,16)/t7-/m1/s1. The van der Waals surface area contributed by atoms with Gasteiger partial charge in [0.2, 0.25) is 0 Å². The van der Waals surface area contributed by atoms with Crippen LogP contribution in [-0.2, 0) is 0 Å². The van der Waals surface area contributed by atoms with Gasteiger partial charge in [-0.15, -0.1) is 0 Å². The Morgan fingerprint density at radius 3 is 2.71 bits per heavy atom. The number of hydrogen-bond donors (Lipinski definition) is 2. The predicted molar refractivity (Wildman–Crippen MR) is 57.1 cm³/mol. The van der Waals surface area contributed by atoms with E-state index < -0.39 is 18.6 Å². The molecule has 0 saturated heterocycles. The summed E-state index contributed by atoms with van der Waals surface area (Å²) in [5.41, 5.74) is 0.00782. The second kappa shape index (κ2) is 6.15. The Hall–Kier alpha value is -1.69. The molecule has 0 aromatic heterocycles. The maximum Gasteiger partial charge on any atom is 0.387 e. The van der Waals surface area contributed by atoms with Gasteiger partial charge in [0, 0.05) is 6.54 Å². The molecule has 94 valence electrons. The van der Waals surface area contributed by atoms with Crippen LogP contribution in [-0.4, -0.2) is 30.3 Å². The third kappa shape index (κ3) is 4.36. The molecule has 2 N–H and O–H groups in total. The van der Waals surface area contributed by atoms with Crippen LogP contribution in [0.2, 0.25) is 0 Å². The lowest BCUT2D eigenvalue weighted by molar-refractivity contribution is -0.0501. The summed E-state index contributed by atoms with van der Waals surface area (Å²) in [6.07, 6.45) is -0.706. The Bertz CT molecular complexity index is 383. The van der Waals surface area contributed by atoms with E-state index in [2.05, 4.69) is 10.1 Å². The van der Waals surface area contributed by atoms with Gasteiger partial charge in [-0.25, -0.2) is 0 Å². The van der Waals surface area contributed by atoms with Gasteiger partial charge in [0.1, 0.15) is 5.75 Å². The number of carbonyl (C=O) groups excluding carboxylic acids is 1. The lowest BCUT2D eigenvalue weighted by Crippen LogP contribution is -2.30. The number of amides is 1. The third-order valence-corrected chi connectivity index (χ3v) is 1.91. The first-order chi connectivity index (χ1) is 8.00. The SMILES string of the molecule is C[C@@H](O)CNC(=O)c1ccccc1OC(F)F. The molecule has 0 fully saturated rings. The van der Waals surface area contributed by atoms with Crippen molar-refractivity contribution in [2.24, 2.45) is 0 Å². The number of aliphatic hydroxyl groups is 1. The molecule has 1 atom stereocenters. The summed E-state index contributed by atoms with van der Waals surface area (Å²) in [6.45, 7) is -1.44. The van der Waals surface area contributed by atoms with Crippen molar-refractivity contribution in [3.05, 3.63) is 29.8 Å². The summed E-state index contributed by atoms with van der Waals surface area (Å²) in [5, 5.41) is 11.4. The highest BCUT2D eigenvalue weighted by Crippen LogP contribution is 2.19. The molecule has 0 radical (unpaired) electrons. The Morgan fingerprint density at radius 2 is 2.12 bits per heavy atom. The van der Waals surface area contributed by atoms with Crippen LogP contribution in [0.5, 0.6) is 5.75 Å². The van der Waals surface area contributed by atoms with E-state index in [-0.39, 0.29) is 17.9 Å². The summed E-state index contributed by atoms with van der Waals surface area (Å²) in [4.78, 5) is 11.6. The van der Waals surface area contributed by atoms with Crippen LogP contribution in [0.4, 0.5) is 8.78 Å². The topological polar surface area (TPSA) is 58.6 Å². The molecular weight excluding hydrogens is 232 g/mol. The number of ether oxygens (including phenoxy) is 1. The first-order valence-electron chi connectivity index (χ1n) is 5.01. The van der Waals surface area contributed by atoms with E-state index >= 15 is 0 Å². The third-order valence-electron chi connectivity index (χ3n) is 1.91. The minimum Gasteiger partial charge on any atom is -0.434 e. The fourth-order valence-corrected chi connectivity index (χ4v) is 1.19. The number of halogens is 2. The van der Waals surface area contributed by atoms with Gasteiger partial charge in [-0.2, -0.15) is 8.78 Å². The van der Waals surface area contributed by atoms with E-state index in [4.69, 9.17) is 5.11 Å². The van der Waals surface area contributed by atoms with Crippen molar-refractivity contribution in [1.82, 2.24) is 5.32 Å². The Morgan fingerprint density at radius 1 is 1.47 bits per heavy atom. The van der Waals surface area contributed by atoms with Crippen molar-refractivity contribution in [2.45, 2.75) is 19.6 Å². The molecule has 1 amide bonds. The van der Waals surface area contributed by atoms with Crippen molar-refractivity contribution >= 4 is 5.91 Å². The number of nitrogens with one attached hydrogen (secondary N) is 1. The summed E-state index contributed by atoms with van der Waals surface area (Å²) in [5.74, 6) is -0.757. The Balaban J connectivity index is 2.78. The molecule has 0 aliphatic rings. The maximum atomic E-state index is 12.1. The fourth-order valence-electron chi connectivity index (χ4n) is 1.19. The molecule has 0 saturated carbocycles. The van der Waals surface area contributed by atoms with E-state index in [1.54, 1.807) is 0 Å². The van der Waals surface area contributed by atoms with Crippen molar-refractivity contribution in [1.29, 1.82) is 0 Å². The van der Waals surface area contributed by atoms with Crippen molar-refractivity contribution in [2.75, 3.05) is 6.54 Å². The van der Waals surface area contributed by atoms with Crippen LogP contribution < -0.4 is 10.1 Å². The molecule has 0 unspecified atom stereocenters. The zero-order chi connectivity index (χ0) is 12.8. The normalized spacial score (nSPS) is 12.3. The van der Waals surface area contributed by atoms with Gasteiger partial charge in [-0.1, -0.05) is 12.1 Å². The van der Waals surface area contributed by atoms with E-state index in [1.165, 1.54) is 31.2 Å². The number of alkyl halides is 2. The molecule has 0 heterocycles. The van der Waals surface area contributed by atoms with Crippen LogP contribution in [0.15, 0.2) is 24.3 Å². The predicted octanol–water partition coefficient (Wildman–Crippen LogP) is 1.40. The summed E-state index contributed by atoms with van der Waals surface area (Å²) in [7, 11) is 0. The minimum atomic E-state index is -2.99. The zero-order valence-corrected chi connectivity index (χ0v) is 9.19. The molecule has 0 bridgehead atoms. The molecule has 0 aliphatic heterocycles. The Kier molecular flexibility index (Phi) is 4.84. The van der Waals surface area contributed by atoms with E-state index in [0.29, 0.717) is 0 Å². The molecule has 0 aliphatic carbocycles. The summed E-state index contributed by atoms with van der Waals surface area (Å²) >= 11 is 0. The van der Waals surface area contributed by atoms with Crippen molar-refractivity contribution in [3.63, 3.8) is 0 Å². The molecule has 17 heavy (non-hydrogen) atoms. The maximum absolute atomic E-state index is 12.1. The second-order valence-electron chi connectivity index (χ2n) is 3.43. The van der Waals surface area contributed by atoms with Gasteiger partial charge in [0.05, 0.1) is 11.7 Å². The highest BCUT2D eigenvalue weighted by Gasteiger charge is 2.15. The van der Waals surface area contributed by atoms with Crippen molar-refractivity contribution < 1.29 is 23.4 Å². The zero-order valence-electron chi connectivity index (χ0n) is 9.19. The monoisotopic (exact) mass is 245 g/mol. The first kappa shape index (κ1) is 13.4. The number of rotatable bonds is 5. The van der Waals surface area contributed by atoms with Gasteiger partial charge in [-0.3, -0.25) is 4.79 Å². The molecule has 1 rings (SSSR count). The minimum absolute atomic E-state index is 0.00782. The molecular formula is C11H13F2NO3. The summed E-state index contributed by atoms with van der Waals surface area (Å²) in [6, 6.07) is 5.68. The number of hydrogen-bond acceptors (Lipinski definition) is 3. The van der Waals surface area contributed by atoms with Gasteiger partial charge in [0.15, 0.2) is 0 Å². The lowest BCUT2D eigenvalue weighted by Gasteiger charge is -2.11. The van der Waals surface area contributed by atoms with Crippen LogP contribution in [0.25, 0.3) is 0 Å². The Labute approximate surface area is 97.2 Å². The van der Waals surface area contributed by atoms with Crippen LogP contribution in [0.1, 0.15) is 17.3 Å². The van der Waals surface area contributed by atoms with Gasteiger partial charge in [-0.05, 0) is 19.1 Å². The van der Waals surface area contributed by atoms with Gasteiger partial charge in [0.25, 0.3) is 5.91 Å². The molecule has 6 heteroatoms. The highest BCUT2D eigenvalue weighted by atomic mass is 19.3. The second-order valence-corrected chi connectivity index (χ2v) is 3.43. The average Bonchev–Trinajstić information content (AvgIpc) is 2.25. The van der Waals surface area contributed by atoms with E-state index in [1.807, 2.05) is 0 Å². The molecule has 1 aromatic carbocycles. The highest BCUT2D eigenvalue weighted by molar-refractivity contribution is 5.96. The largest absolute Gasteiger partial charge is 0.434 e. The van der Waals surface area contributed by atoms with Gasteiger partial charge >= 0.3 is 6.61 Å². The first-order valence-corrected chi connectivity index (χ1v) is 5.01. The number of carbonyl (C=O) groups is 1. The van der Waals surface area contributed by atoms with Crippen LogP contribution in [0.3, 0.4) is 0 Å².